The average Bonchev–Trinajstić information content (AvgIpc) is 2.84. The van der Waals surface area contributed by atoms with Crippen LogP contribution in [-0.4, -0.2) is 22.4 Å². The monoisotopic (exact) mass is 330 g/mol. The number of hydrogen-bond acceptors (Lipinski definition) is 2. The molecule has 2 heteroatoms. The van der Waals surface area contributed by atoms with Crippen molar-refractivity contribution in [2.24, 2.45) is 34.5 Å². The Morgan fingerprint density at radius 3 is 2.67 bits per heavy atom. The minimum absolute atomic E-state index is 0.101. The predicted molar refractivity (Wildman–Crippen MR) is 97.4 cm³/mol. The van der Waals surface area contributed by atoms with Gasteiger partial charge in [-0.1, -0.05) is 37.6 Å². The lowest BCUT2D eigenvalue weighted by Crippen LogP contribution is -2.56. The molecular weight excluding hydrogens is 296 g/mol. The molecule has 0 aliphatic heterocycles. The van der Waals surface area contributed by atoms with Crippen LogP contribution in [0.4, 0.5) is 0 Å². The molecule has 0 radical (unpaired) electrons. The Kier molecular flexibility index (Phi) is 3.82. The second-order valence-corrected chi connectivity index (χ2v) is 9.83. The zero-order valence-corrected chi connectivity index (χ0v) is 15.6. The summed E-state index contributed by atoms with van der Waals surface area (Å²) in [6.07, 6.45) is 9.38. The first-order chi connectivity index (χ1) is 11.3. The topological polar surface area (TPSA) is 40.5 Å². The number of fused-ring (bicyclic) bond motifs is 5. The number of aliphatic hydroxyl groups is 2. The van der Waals surface area contributed by atoms with Crippen LogP contribution in [0.5, 0.6) is 0 Å². The summed E-state index contributed by atoms with van der Waals surface area (Å²) >= 11 is 0. The van der Waals surface area contributed by atoms with Gasteiger partial charge in [-0.2, -0.15) is 0 Å². The molecule has 0 aromatic heterocycles. The van der Waals surface area contributed by atoms with E-state index in [2.05, 4.69) is 33.4 Å². The number of allylic oxidation sites excluding steroid dienone is 2. The molecule has 2 nitrogen and oxygen atoms in total. The van der Waals surface area contributed by atoms with Crippen molar-refractivity contribution in [2.45, 2.75) is 77.9 Å². The van der Waals surface area contributed by atoms with Gasteiger partial charge in [-0.15, -0.1) is 0 Å². The third-order valence-electron chi connectivity index (χ3n) is 8.60. The lowest BCUT2D eigenvalue weighted by Gasteiger charge is -2.59. The number of hydrogen-bond donors (Lipinski definition) is 2. The molecule has 4 aliphatic rings. The molecule has 3 saturated carbocycles. The van der Waals surface area contributed by atoms with E-state index in [1.54, 1.807) is 0 Å². The largest absolute Gasteiger partial charge is 0.393 e. The van der Waals surface area contributed by atoms with E-state index in [-0.39, 0.29) is 23.0 Å². The molecule has 0 aromatic rings. The average molecular weight is 331 g/mol. The molecule has 0 spiro atoms. The van der Waals surface area contributed by atoms with Gasteiger partial charge in [0.25, 0.3) is 0 Å². The van der Waals surface area contributed by atoms with E-state index in [1.165, 1.54) is 24.0 Å². The molecular formula is C22H34O2. The van der Waals surface area contributed by atoms with E-state index in [9.17, 15) is 10.2 Å². The van der Waals surface area contributed by atoms with Crippen LogP contribution in [0.15, 0.2) is 23.8 Å². The second kappa shape index (κ2) is 5.45. The summed E-state index contributed by atoms with van der Waals surface area (Å²) in [5, 5.41) is 21.4. The predicted octanol–water partition coefficient (Wildman–Crippen LogP) is 4.47. The molecule has 0 aromatic carbocycles. The van der Waals surface area contributed by atoms with Crippen LogP contribution in [0.25, 0.3) is 0 Å². The van der Waals surface area contributed by atoms with Gasteiger partial charge < -0.3 is 10.2 Å². The van der Waals surface area contributed by atoms with Crippen LogP contribution in [0.3, 0.4) is 0 Å². The van der Waals surface area contributed by atoms with Crippen molar-refractivity contribution in [3.8, 4) is 0 Å². The van der Waals surface area contributed by atoms with Gasteiger partial charge in [0.1, 0.15) is 0 Å². The number of aliphatic hydroxyl groups excluding tert-OH is 2. The Bertz CT molecular complexity index is 579. The molecule has 3 fully saturated rings. The fourth-order valence-corrected chi connectivity index (χ4v) is 7.58. The maximum atomic E-state index is 11.3. The highest BCUT2D eigenvalue weighted by atomic mass is 16.3. The van der Waals surface area contributed by atoms with Gasteiger partial charge >= 0.3 is 0 Å². The quantitative estimate of drug-likeness (QED) is 0.696. The van der Waals surface area contributed by atoms with E-state index in [1.807, 2.05) is 0 Å². The first kappa shape index (κ1) is 16.8. The van der Waals surface area contributed by atoms with E-state index < -0.39 is 0 Å². The van der Waals surface area contributed by atoms with Gasteiger partial charge in [-0.3, -0.25) is 0 Å². The molecule has 4 aliphatic carbocycles. The lowest BCUT2D eigenvalue weighted by atomic mass is 9.46. The Hall–Kier alpha value is -0.600. The maximum Gasteiger partial charge on any atom is 0.0585 e. The van der Waals surface area contributed by atoms with E-state index in [4.69, 9.17) is 0 Å². The summed E-state index contributed by atoms with van der Waals surface area (Å²) < 4.78 is 0. The molecule has 4 rings (SSSR count). The van der Waals surface area contributed by atoms with Crippen LogP contribution < -0.4 is 0 Å². The molecule has 134 valence electrons. The summed E-state index contributed by atoms with van der Waals surface area (Å²) in [7, 11) is 0. The van der Waals surface area contributed by atoms with E-state index in [0.717, 1.165) is 32.1 Å². The van der Waals surface area contributed by atoms with Gasteiger partial charge in [0.2, 0.25) is 0 Å². The molecule has 0 amide bonds. The van der Waals surface area contributed by atoms with Crippen LogP contribution >= 0.6 is 0 Å². The third-order valence-corrected chi connectivity index (χ3v) is 8.60. The Morgan fingerprint density at radius 1 is 1.21 bits per heavy atom. The SMILES string of the molecule is C=C(C)[C@H]1CC[C@H]2[C@@H]3CC=C4C[C@@H](O)CC[C@]4(C)[C@H]3[C@@H](O)C[C@]12C. The highest BCUT2D eigenvalue weighted by Gasteiger charge is 2.61. The van der Waals surface area contributed by atoms with Crippen LogP contribution in [-0.2, 0) is 0 Å². The molecule has 24 heavy (non-hydrogen) atoms. The minimum Gasteiger partial charge on any atom is -0.393 e. The van der Waals surface area contributed by atoms with Gasteiger partial charge in [0, 0.05) is 0 Å². The fraction of sp³-hybridized carbons (Fsp3) is 0.818. The lowest BCUT2D eigenvalue weighted by molar-refractivity contribution is -0.122. The van der Waals surface area contributed by atoms with Crippen LogP contribution in [0.1, 0.15) is 65.7 Å². The van der Waals surface area contributed by atoms with E-state index >= 15 is 0 Å². The molecule has 8 atom stereocenters. The van der Waals surface area contributed by atoms with Crippen molar-refractivity contribution in [1.29, 1.82) is 0 Å². The summed E-state index contributed by atoms with van der Waals surface area (Å²) in [5.41, 5.74) is 3.07. The van der Waals surface area contributed by atoms with Gasteiger partial charge in [-0.05, 0) is 86.4 Å². The smallest absolute Gasteiger partial charge is 0.0585 e. The van der Waals surface area contributed by atoms with Crippen LogP contribution in [0, 0.1) is 34.5 Å². The second-order valence-electron chi connectivity index (χ2n) is 9.83. The Labute approximate surface area is 147 Å². The normalized spacial score (nSPS) is 53.6. The standard InChI is InChI=1S/C22H34O2/c1-13(2)17-7-8-18-16-6-5-14-11-15(23)9-10-21(14,3)20(16)19(24)12-22(17,18)4/h5,15-20,23-24H,1,6-12H2,2-4H3/t15-,16-,17+,18-,19-,20+,21-,22+/m0/s1. The minimum atomic E-state index is -0.208. The van der Waals surface area contributed by atoms with Crippen molar-refractivity contribution in [3.05, 3.63) is 23.8 Å². The van der Waals surface area contributed by atoms with Crippen molar-refractivity contribution in [2.75, 3.05) is 0 Å². The molecule has 0 saturated heterocycles. The summed E-state index contributed by atoms with van der Waals surface area (Å²) in [4.78, 5) is 0. The highest BCUT2D eigenvalue weighted by molar-refractivity contribution is 5.27. The van der Waals surface area contributed by atoms with Crippen molar-refractivity contribution < 1.29 is 10.2 Å². The first-order valence-corrected chi connectivity index (χ1v) is 9.98. The van der Waals surface area contributed by atoms with Crippen molar-refractivity contribution in [3.63, 3.8) is 0 Å². The molecule has 0 heterocycles. The van der Waals surface area contributed by atoms with E-state index in [0.29, 0.717) is 23.7 Å². The summed E-state index contributed by atoms with van der Waals surface area (Å²) in [5.74, 6) is 2.28. The van der Waals surface area contributed by atoms with Crippen molar-refractivity contribution >= 4 is 0 Å². The van der Waals surface area contributed by atoms with Crippen LogP contribution in [0.2, 0.25) is 0 Å². The maximum absolute atomic E-state index is 11.3. The summed E-state index contributed by atoms with van der Waals surface area (Å²) in [6, 6.07) is 0. The van der Waals surface area contributed by atoms with Gasteiger partial charge in [0.15, 0.2) is 0 Å². The number of rotatable bonds is 1. The molecule has 0 bridgehead atoms. The zero-order chi connectivity index (χ0) is 17.3. The molecule has 2 N–H and O–H groups in total. The Morgan fingerprint density at radius 2 is 1.96 bits per heavy atom. The highest BCUT2D eigenvalue weighted by Crippen LogP contribution is 2.66. The van der Waals surface area contributed by atoms with Gasteiger partial charge in [-0.25, -0.2) is 0 Å². The third kappa shape index (κ3) is 2.15. The van der Waals surface area contributed by atoms with Gasteiger partial charge in [0.05, 0.1) is 12.2 Å². The molecule has 0 unspecified atom stereocenters. The van der Waals surface area contributed by atoms with Crippen molar-refractivity contribution in [1.82, 2.24) is 0 Å². The first-order valence-electron chi connectivity index (χ1n) is 9.98. The Balaban J connectivity index is 1.71. The summed E-state index contributed by atoms with van der Waals surface area (Å²) in [6.45, 7) is 11.2. The zero-order valence-electron chi connectivity index (χ0n) is 15.6. The fourth-order valence-electron chi connectivity index (χ4n) is 7.58.